The Balaban J connectivity index is 2.11. The second-order valence-corrected chi connectivity index (χ2v) is 4.55. The lowest BCUT2D eigenvalue weighted by atomic mass is 10.1. The van der Waals surface area contributed by atoms with E-state index in [0.717, 1.165) is 54.4 Å². The molecule has 1 aromatic heterocycles. The number of aromatic nitrogens is 1. The van der Waals surface area contributed by atoms with Crippen LogP contribution in [0.2, 0.25) is 0 Å². The quantitative estimate of drug-likeness (QED) is 0.880. The number of rotatable bonds is 4. The monoisotopic (exact) mass is 240 g/mol. The molecule has 0 radical (unpaired) electrons. The number of hydrogen-bond donors (Lipinski definition) is 1. The molecule has 2 rings (SSSR count). The second-order valence-electron chi connectivity index (χ2n) is 4.09. The second kappa shape index (κ2) is 5.51. The third-order valence-electron chi connectivity index (χ3n) is 2.80. The van der Waals surface area contributed by atoms with Crippen molar-refractivity contribution in [3.05, 3.63) is 22.6 Å². The van der Waals surface area contributed by atoms with Gasteiger partial charge in [0.25, 0.3) is 0 Å². The van der Waals surface area contributed by atoms with Gasteiger partial charge in [-0.25, -0.2) is 0 Å². The van der Waals surface area contributed by atoms with E-state index in [1.807, 2.05) is 6.07 Å². The number of unbranched alkanes of at least 4 members (excludes halogenated alkanes) is 1. The SMILES string of the molecule is CCCCc1cc(C2=C(Cl)CCNC2)no1. The van der Waals surface area contributed by atoms with Crippen LogP contribution in [0.5, 0.6) is 0 Å². The summed E-state index contributed by atoms with van der Waals surface area (Å²) in [5.41, 5.74) is 1.97. The molecule has 0 atom stereocenters. The fraction of sp³-hybridized carbons (Fsp3) is 0.583. The molecular formula is C12H17ClN2O. The van der Waals surface area contributed by atoms with Gasteiger partial charge in [0.1, 0.15) is 11.5 Å². The minimum atomic E-state index is 0.790. The van der Waals surface area contributed by atoms with Crippen LogP contribution >= 0.6 is 11.6 Å². The van der Waals surface area contributed by atoms with Gasteiger partial charge in [0.2, 0.25) is 0 Å². The zero-order valence-electron chi connectivity index (χ0n) is 9.55. The summed E-state index contributed by atoms with van der Waals surface area (Å²) in [4.78, 5) is 0. The van der Waals surface area contributed by atoms with Crippen LogP contribution in [0.25, 0.3) is 5.57 Å². The molecule has 1 aromatic rings. The van der Waals surface area contributed by atoms with Gasteiger partial charge in [0.15, 0.2) is 0 Å². The van der Waals surface area contributed by atoms with Gasteiger partial charge in [-0.2, -0.15) is 0 Å². The topological polar surface area (TPSA) is 38.1 Å². The van der Waals surface area contributed by atoms with E-state index in [4.69, 9.17) is 16.1 Å². The van der Waals surface area contributed by atoms with Crippen molar-refractivity contribution < 1.29 is 4.52 Å². The largest absolute Gasteiger partial charge is 0.361 e. The van der Waals surface area contributed by atoms with Crippen molar-refractivity contribution in [1.82, 2.24) is 10.5 Å². The van der Waals surface area contributed by atoms with E-state index >= 15 is 0 Å². The Morgan fingerprint density at radius 2 is 2.44 bits per heavy atom. The van der Waals surface area contributed by atoms with Crippen LogP contribution in [0.15, 0.2) is 15.6 Å². The third-order valence-corrected chi connectivity index (χ3v) is 3.21. The highest BCUT2D eigenvalue weighted by Gasteiger charge is 2.15. The molecule has 1 aliphatic heterocycles. The predicted octanol–water partition coefficient (Wildman–Crippen LogP) is 2.96. The molecule has 1 aliphatic rings. The summed E-state index contributed by atoms with van der Waals surface area (Å²) in [7, 11) is 0. The zero-order chi connectivity index (χ0) is 11.4. The first kappa shape index (κ1) is 11.7. The standard InChI is InChI=1S/C12H17ClN2O/c1-2-3-4-9-7-12(15-16-9)10-8-14-6-5-11(10)13/h7,14H,2-6,8H2,1H3. The van der Waals surface area contributed by atoms with Crippen LogP contribution < -0.4 is 5.32 Å². The molecule has 0 aliphatic carbocycles. The fourth-order valence-electron chi connectivity index (χ4n) is 1.81. The maximum absolute atomic E-state index is 6.19. The summed E-state index contributed by atoms with van der Waals surface area (Å²) in [5, 5.41) is 8.29. The van der Waals surface area contributed by atoms with Crippen molar-refractivity contribution >= 4 is 17.2 Å². The van der Waals surface area contributed by atoms with E-state index in [-0.39, 0.29) is 0 Å². The molecule has 4 heteroatoms. The van der Waals surface area contributed by atoms with Crippen molar-refractivity contribution in [3.8, 4) is 0 Å². The summed E-state index contributed by atoms with van der Waals surface area (Å²) in [6.07, 6.45) is 4.15. The number of aryl methyl sites for hydroxylation is 1. The smallest absolute Gasteiger partial charge is 0.137 e. The van der Waals surface area contributed by atoms with Crippen molar-refractivity contribution in [1.29, 1.82) is 0 Å². The van der Waals surface area contributed by atoms with Crippen LogP contribution in [-0.4, -0.2) is 18.2 Å². The lowest BCUT2D eigenvalue weighted by molar-refractivity contribution is 0.378. The van der Waals surface area contributed by atoms with Gasteiger partial charge in [-0.15, -0.1) is 0 Å². The molecule has 16 heavy (non-hydrogen) atoms. The minimum absolute atomic E-state index is 0.790. The van der Waals surface area contributed by atoms with Gasteiger partial charge >= 0.3 is 0 Å². The van der Waals surface area contributed by atoms with E-state index in [1.54, 1.807) is 0 Å². The molecule has 0 fully saturated rings. The fourth-order valence-corrected chi connectivity index (χ4v) is 2.07. The van der Waals surface area contributed by atoms with Gasteiger partial charge in [0.05, 0.1) is 0 Å². The van der Waals surface area contributed by atoms with Crippen molar-refractivity contribution in [2.75, 3.05) is 13.1 Å². The van der Waals surface area contributed by atoms with Crippen LogP contribution in [0.4, 0.5) is 0 Å². The molecular weight excluding hydrogens is 224 g/mol. The maximum atomic E-state index is 6.19. The van der Waals surface area contributed by atoms with E-state index in [2.05, 4.69) is 17.4 Å². The van der Waals surface area contributed by atoms with Crippen molar-refractivity contribution in [2.45, 2.75) is 32.6 Å². The molecule has 0 saturated carbocycles. The Morgan fingerprint density at radius 3 is 3.19 bits per heavy atom. The summed E-state index contributed by atoms with van der Waals surface area (Å²) in [5.74, 6) is 0.958. The first-order valence-corrected chi connectivity index (χ1v) is 6.23. The Labute approximate surface area is 101 Å². The highest BCUT2D eigenvalue weighted by Crippen LogP contribution is 2.25. The third kappa shape index (κ3) is 2.66. The van der Waals surface area contributed by atoms with Crippen LogP contribution in [0.1, 0.15) is 37.6 Å². The summed E-state index contributed by atoms with van der Waals surface area (Å²) in [6.45, 7) is 3.91. The maximum Gasteiger partial charge on any atom is 0.137 e. The number of nitrogens with one attached hydrogen (secondary N) is 1. The minimum Gasteiger partial charge on any atom is -0.361 e. The molecule has 1 N–H and O–H groups in total. The molecule has 0 spiro atoms. The average Bonchev–Trinajstić information content (AvgIpc) is 2.75. The molecule has 88 valence electrons. The van der Waals surface area contributed by atoms with E-state index < -0.39 is 0 Å². The number of hydrogen-bond acceptors (Lipinski definition) is 3. The highest BCUT2D eigenvalue weighted by atomic mass is 35.5. The molecule has 0 unspecified atom stereocenters. The number of nitrogens with zero attached hydrogens (tertiary/aromatic N) is 1. The highest BCUT2D eigenvalue weighted by molar-refractivity contribution is 6.32. The van der Waals surface area contributed by atoms with E-state index in [9.17, 15) is 0 Å². The predicted molar refractivity (Wildman–Crippen MR) is 65.4 cm³/mol. The molecule has 0 amide bonds. The lowest BCUT2D eigenvalue weighted by Crippen LogP contribution is -2.23. The summed E-state index contributed by atoms with van der Waals surface area (Å²) >= 11 is 6.19. The average molecular weight is 241 g/mol. The zero-order valence-corrected chi connectivity index (χ0v) is 10.3. The molecule has 0 saturated heterocycles. The van der Waals surface area contributed by atoms with Gasteiger partial charge in [-0.3, -0.25) is 0 Å². The molecule has 0 bridgehead atoms. The molecule has 0 aromatic carbocycles. The first-order valence-electron chi connectivity index (χ1n) is 5.85. The number of halogens is 1. The van der Waals surface area contributed by atoms with Crippen molar-refractivity contribution in [3.63, 3.8) is 0 Å². The Morgan fingerprint density at radius 1 is 1.56 bits per heavy atom. The first-order chi connectivity index (χ1) is 7.81. The lowest BCUT2D eigenvalue weighted by Gasteiger charge is -2.14. The summed E-state index contributed by atoms with van der Waals surface area (Å²) in [6, 6.07) is 2.01. The molecule has 3 nitrogen and oxygen atoms in total. The van der Waals surface area contributed by atoms with E-state index in [1.165, 1.54) is 6.42 Å². The van der Waals surface area contributed by atoms with Crippen LogP contribution in [0, 0.1) is 0 Å². The van der Waals surface area contributed by atoms with Gasteiger partial charge in [-0.1, -0.05) is 30.1 Å². The van der Waals surface area contributed by atoms with Gasteiger partial charge in [0, 0.05) is 36.2 Å². The Hall–Kier alpha value is -0.800. The Kier molecular flexibility index (Phi) is 4.02. The van der Waals surface area contributed by atoms with Crippen LogP contribution in [0.3, 0.4) is 0 Å². The normalized spacial score (nSPS) is 16.9. The van der Waals surface area contributed by atoms with E-state index in [0.29, 0.717) is 0 Å². The van der Waals surface area contributed by atoms with Crippen molar-refractivity contribution in [2.24, 2.45) is 0 Å². The molecule has 2 heterocycles. The van der Waals surface area contributed by atoms with Gasteiger partial charge in [-0.05, 0) is 12.8 Å². The summed E-state index contributed by atoms with van der Waals surface area (Å²) < 4.78 is 5.30. The van der Waals surface area contributed by atoms with Gasteiger partial charge < -0.3 is 9.84 Å². The van der Waals surface area contributed by atoms with Crippen LogP contribution in [-0.2, 0) is 6.42 Å². The Bertz CT molecular complexity index is 384.